The molecule has 0 radical (unpaired) electrons. The number of rotatable bonds is 10. The number of imidazole rings is 1. The lowest BCUT2D eigenvalue weighted by molar-refractivity contribution is 0.305. The van der Waals surface area contributed by atoms with Gasteiger partial charge in [-0.1, -0.05) is 30.3 Å². The summed E-state index contributed by atoms with van der Waals surface area (Å²) in [6.07, 6.45) is 6.84. The summed E-state index contributed by atoms with van der Waals surface area (Å²) in [5, 5.41) is 10.9. The summed E-state index contributed by atoms with van der Waals surface area (Å²) in [4.78, 5) is 24.0. The van der Waals surface area contributed by atoms with Crippen LogP contribution in [0.2, 0.25) is 0 Å². The number of hydrogen-bond donors (Lipinski definition) is 3. The second-order valence-electron chi connectivity index (χ2n) is 11.0. The number of benzene rings is 2. The van der Waals surface area contributed by atoms with E-state index in [0.29, 0.717) is 63.8 Å². The van der Waals surface area contributed by atoms with Gasteiger partial charge in [0.25, 0.3) is 0 Å². The Bertz CT molecular complexity index is 2110. The van der Waals surface area contributed by atoms with Crippen LogP contribution in [0.1, 0.15) is 5.56 Å². The number of aromatic nitrogens is 7. The van der Waals surface area contributed by atoms with E-state index in [1.54, 1.807) is 24.8 Å². The molecule has 45 heavy (non-hydrogen) atoms. The number of nitrogens with zero attached hydrogens (tertiary/aromatic N) is 6. The van der Waals surface area contributed by atoms with Gasteiger partial charge in [0.05, 0.1) is 34.6 Å². The fourth-order valence-corrected chi connectivity index (χ4v) is 5.13. The van der Waals surface area contributed by atoms with Gasteiger partial charge in [0.2, 0.25) is 0 Å². The van der Waals surface area contributed by atoms with Crippen LogP contribution in [-0.4, -0.2) is 67.2 Å². The molecule has 0 atom stereocenters. The van der Waals surface area contributed by atoms with E-state index in [1.807, 2.05) is 68.7 Å². The highest BCUT2D eigenvalue weighted by atomic mass is 19.1. The minimum Gasteiger partial charge on any atom is -0.487 e. The molecule has 7 rings (SSSR count). The third kappa shape index (κ3) is 6.06. The lowest BCUT2D eigenvalue weighted by Gasteiger charge is -2.12. The van der Waals surface area contributed by atoms with Crippen LogP contribution in [0.25, 0.3) is 56.0 Å². The van der Waals surface area contributed by atoms with Crippen molar-refractivity contribution in [2.24, 2.45) is 0 Å². The van der Waals surface area contributed by atoms with E-state index in [0.717, 1.165) is 28.9 Å². The highest BCUT2D eigenvalue weighted by molar-refractivity contribution is 5.96. The van der Waals surface area contributed by atoms with E-state index in [4.69, 9.17) is 14.7 Å². The number of fused-ring (bicyclic) bond motifs is 2. The van der Waals surface area contributed by atoms with Crippen molar-refractivity contribution in [2.45, 2.75) is 6.61 Å². The first-order valence-corrected chi connectivity index (χ1v) is 14.5. The number of nitrogens with one attached hydrogen (secondary N) is 3. The molecule has 0 amide bonds. The minimum atomic E-state index is -0.341. The predicted octanol–water partition coefficient (Wildman–Crippen LogP) is 6.32. The van der Waals surface area contributed by atoms with Gasteiger partial charge < -0.3 is 19.9 Å². The standard InChI is InChI=1S/C34H30FN9O/c1-44(2)11-10-38-25-13-22(12-24(35)15-25)27-18-37-19-30-31(27)41-34(40-30)33-32-29(42-43-33)9-8-28(39-32)23-14-26(17-36-16-23)45-20-21-6-4-3-5-7-21/h3-9,12-19,38H,10-11,20H2,1-2H3,(H,40,41)(H,42,43). The molecule has 2 aromatic carbocycles. The largest absolute Gasteiger partial charge is 0.487 e. The summed E-state index contributed by atoms with van der Waals surface area (Å²) in [6, 6.07) is 20.6. The summed E-state index contributed by atoms with van der Waals surface area (Å²) in [6.45, 7) is 1.95. The maximum atomic E-state index is 14.7. The molecule has 0 saturated heterocycles. The average molecular weight is 600 g/mol. The molecule has 5 aromatic heterocycles. The zero-order valence-electron chi connectivity index (χ0n) is 24.8. The van der Waals surface area contributed by atoms with Crippen LogP contribution in [-0.2, 0) is 6.61 Å². The smallest absolute Gasteiger partial charge is 0.161 e. The van der Waals surface area contributed by atoms with Gasteiger partial charge >= 0.3 is 0 Å². The molecule has 0 spiro atoms. The fourth-order valence-electron chi connectivity index (χ4n) is 5.13. The summed E-state index contributed by atoms with van der Waals surface area (Å²) in [7, 11) is 3.99. The highest BCUT2D eigenvalue weighted by Gasteiger charge is 2.18. The van der Waals surface area contributed by atoms with E-state index in [9.17, 15) is 4.39 Å². The predicted molar refractivity (Wildman–Crippen MR) is 173 cm³/mol. The molecule has 224 valence electrons. The fraction of sp³-hybridized carbons (Fsp3) is 0.147. The number of likely N-dealkylation sites (N-methyl/N-ethyl adjacent to an activating group) is 1. The lowest BCUT2D eigenvalue weighted by atomic mass is 10.1. The molecule has 0 aliphatic carbocycles. The maximum absolute atomic E-state index is 14.7. The first kappa shape index (κ1) is 28.1. The van der Waals surface area contributed by atoms with E-state index >= 15 is 0 Å². The molecular formula is C34H30FN9O. The number of aromatic amines is 2. The number of pyridine rings is 3. The Morgan fingerprint density at radius 3 is 2.58 bits per heavy atom. The minimum absolute atomic E-state index is 0.341. The van der Waals surface area contributed by atoms with E-state index < -0.39 is 0 Å². The number of hydrogen-bond acceptors (Lipinski definition) is 8. The van der Waals surface area contributed by atoms with Crippen molar-refractivity contribution in [1.82, 2.24) is 40.0 Å². The molecule has 0 aliphatic heterocycles. The normalized spacial score (nSPS) is 11.5. The van der Waals surface area contributed by atoms with Crippen LogP contribution in [0, 0.1) is 5.82 Å². The summed E-state index contributed by atoms with van der Waals surface area (Å²) >= 11 is 0. The Labute approximate surface area is 258 Å². The van der Waals surface area contributed by atoms with Gasteiger partial charge in [-0.05, 0) is 61.6 Å². The van der Waals surface area contributed by atoms with Gasteiger partial charge in [0, 0.05) is 42.3 Å². The molecule has 5 heterocycles. The monoisotopic (exact) mass is 599 g/mol. The molecule has 0 fully saturated rings. The SMILES string of the molecule is CN(C)CCNc1cc(F)cc(-c2cncc3[nH]c(-c4n[nH]c5ccc(-c6cncc(OCc7ccccc7)c6)nc45)nc23)c1. The van der Waals surface area contributed by atoms with Crippen LogP contribution >= 0.6 is 0 Å². The molecule has 0 unspecified atom stereocenters. The number of H-pyrrole nitrogens is 2. The van der Waals surface area contributed by atoms with Crippen molar-refractivity contribution < 1.29 is 9.13 Å². The zero-order valence-corrected chi connectivity index (χ0v) is 24.8. The van der Waals surface area contributed by atoms with Crippen molar-refractivity contribution in [2.75, 3.05) is 32.5 Å². The molecule has 11 heteroatoms. The molecule has 3 N–H and O–H groups in total. The Kier molecular flexibility index (Phi) is 7.58. The van der Waals surface area contributed by atoms with Crippen LogP contribution in [0.15, 0.2) is 91.5 Å². The van der Waals surface area contributed by atoms with Crippen molar-refractivity contribution in [1.29, 1.82) is 0 Å². The van der Waals surface area contributed by atoms with Crippen LogP contribution in [0.5, 0.6) is 5.75 Å². The summed E-state index contributed by atoms with van der Waals surface area (Å²) in [5.74, 6) is 0.831. The second-order valence-corrected chi connectivity index (χ2v) is 11.0. The lowest BCUT2D eigenvalue weighted by Crippen LogP contribution is -2.20. The number of ether oxygens (including phenoxy) is 1. The zero-order chi connectivity index (χ0) is 30.8. The van der Waals surface area contributed by atoms with Crippen LogP contribution in [0.4, 0.5) is 10.1 Å². The Morgan fingerprint density at radius 1 is 0.844 bits per heavy atom. The van der Waals surface area contributed by atoms with Crippen LogP contribution in [0.3, 0.4) is 0 Å². The van der Waals surface area contributed by atoms with Crippen molar-refractivity contribution in [3.63, 3.8) is 0 Å². The van der Waals surface area contributed by atoms with E-state index in [2.05, 4.69) is 35.4 Å². The summed E-state index contributed by atoms with van der Waals surface area (Å²) in [5.41, 5.74) is 8.00. The number of halogens is 1. The van der Waals surface area contributed by atoms with Gasteiger partial charge in [-0.3, -0.25) is 15.1 Å². The average Bonchev–Trinajstić information content (AvgIpc) is 3.68. The third-order valence-electron chi connectivity index (χ3n) is 7.38. The second kappa shape index (κ2) is 12.1. The molecule has 0 bridgehead atoms. The van der Waals surface area contributed by atoms with Crippen LogP contribution < -0.4 is 10.1 Å². The van der Waals surface area contributed by atoms with Gasteiger partial charge in [0.15, 0.2) is 11.5 Å². The first-order valence-electron chi connectivity index (χ1n) is 14.5. The molecule has 0 aliphatic rings. The number of anilines is 1. The quantitative estimate of drug-likeness (QED) is 0.167. The topological polar surface area (TPSA) is 121 Å². The third-order valence-corrected chi connectivity index (χ3v) is 7.38. The maximum Gasteiger partial charge on any atom is 0.161 e. The van der Waals surface area contributed by atoms with Crippen molar-refractivity contribution in [3.05, 3.63) is 103 Å². The van der Waals surface area contributed by atoms with Crippen molar-refractivity contribution in [3.8, 4) is 39.7 Å². The Balaban J connectivity index is 1.20. The molecular weight excluding hydrogens is 569 g/mol. The van der Waals surface area contributed by atoms with Gasteiger partial charge in [-0.25, -0.2) is 14.4 Å². The van der Waals surface area contributed by atoms with E-state index in [1.165, 1.54) is 12.1 Å². The van der Waals surface area contributed by atoms with Gasteiger partial charge in [-0.15, -0.1) is 0 Å². The summed E-state index contributed by atoms with van der Waals surface area (Å²) < 4.78 is 20.7. The molecule has 10 nitrogen and oxygen atoms in total. The Hall–Kier alpha value is -5.68. The van der Waals surface area contributed by atoms with Gasteiger partial charge in [0.1, 0.15) is 23.7 Å². The molecule has 7 aromatic rings. The highest BCUT2D eigenvalue weighted by Crippen LogP contribution is 2.33. The Morgan fingerprint density at radius 2 is 1.71 bits per heavy atom. The first-order chi connectivity index (χ1) is 22.0. The molecule has 0 saturated carbocycles. The van der Waals surface area contributed by atoms with E-state index in [-0.39, 0.29) is 5.82 Å². The van der Waals surface area contributed by atoms with Crippen molar-refractivity contribution >= 4 is 27.8 Å². The van der Waals surface area contributed by atoms with Gasteiger partial charge in [-0.2, -0.15) is 5.10 Å².